The summed E-state index contributed by atoms with van der Waals surface area (Å²) in [6.45, 7) is 0. The number of nitrogens with two attached hydrogens (primary N) is 1. The van der Waals surface area contributed by atoms with Crippen LogP contribution in [-0.2, 0) is 0 Å². The zero-order valence-corrected chi connectivity index (χ0v) is 12.1. The van der Waals surface area contributed by atoms with Crippen molar-refractivity contribution in [3.05, 3.63) is 71.8 Å². The van der Waals surface area contributed by atoms with Crippen molar-refractivity contribution < 1.29 is 5.11 Å². The summed E-state index contributed by atoms with van der Waals surface area (Å²) in [5.74, 6) is 0.154. The summed E-state index contributed by atoms with van der Waals surface area (Å²) in [5.41, 5.74) is 7.91. The molecule has 0 aromatic heterocycles. The highest BCUT2D eigenvalue weighted by Gasteiger charge is 2.18. The van der Waals surface area contributed by atoms with Crippen molar-refractivity contribution in [2.45, 2.75) is 24.9 Å². The van der Waals surface area contributed by atoms with Crippen LogP contribution in [-0.4, -0.2) is 16.2 Å². The Balaban J connectivity index is 2.24. The van der Waals surface area contributed by atoms with Crippen molar-refractivity contribution in [2.75, 3.05) is 0 Å². The number of thiocarbonyl (C=S) groups is 1. The van der Waals surface area contributed by atoms with Crippen LogP contribution in [0.3, 0.4) is 0 Å². The minimum Gasteiger partial charge on any atom is -0.393 e. The van der Waals surface area contributed by atoms with E-state index in [0.717, 1.165) is 0 Å². The molecule has 0 aliphatic rings. The molecule has 0 bridgehead atoms. The molecule has 2 aromatic carbocycles. The minimum absolute atomic E-state index is 0.154. The van der Waals surface area contributed by atoms with E-state index in [1.807, 2.05) is 36.4 Å². The van der Waals surface area contributed by atoms with Crippen LogP contribution in [0.2, 0.25) is 0 Å². The maximum absolute atomic E-state index is 10.1. The van der Waals surface area contributed by atoms with E-state index in [0.29, 0.717) is 17.8 Å². The summed E-state index contributed by atoms with van der Waals surface area (Å²) in [6, 6.07) is 20.4. The van der Waals surface area contributed by atoms with Crippen molar-refractivity contribution in [3.8, 4) is 0 Å². The zero-order valence-electron chi connectivity index (χ0n) is 11.3. The van der Waals surface area contributed by atoms with Crippen LogP contribution >= 0.6 is 12.2 Å². The molecule has 0 saturated carbocycles. The van der Waals surface area contributed by atoms with Crippen molar-refractivity contribution >= 4 is 17.2 Å². The number of hydrogen-bond donors (Lipinski definition) is 2. The van der Waals surface area contributed by atoms with Gasteiger partial charge in [-0.15, -0.1) is 0 Å². The molecule has 1 atom stereocenters. The van der Waals surface area contributed by atoms with Crippen LogP contribution in [0.5, 0.6) is 0 Å². The van der Waals surface area contributed by atoms with Crippen LogP contribution in [0, 0.1) is 0 Å². The van der Waals surface area contributed by atoms with E-state index in [-0.39, 0.29) is 5.92 Å². The molecule has 2 aromatic rings. The molecule has 0 amide bonds. The molecular formula is C17H19NOS. The van der Waals surface area contributed by atoms with Gasteiger partial charge in [-0.25, -0.2) is 0 Å². The fourth-order valence-electron chi connectivity index (χ4n) is 2.42. The predicted molar refractivity (Wildman–Crippen MR) is 86.8 cm³/mol. The second-order valence-corrected chi connectivity index (χ2v) is 5.46. The van der Waals surface area contributed by atoms with E-state index in [2.05, 4.69) is 24.3 Å². The molecule has 0 heterocycles. The third-order valence-electron chi connectivity index (χ3n) is 3.35. The van der Waals surface area contributed by atoms with Gasteiger partial charge in [0.15, 0.2) is 0 Å². The molecule has 2 rings (SSSR count). The van der Waals surface area contributed by atoms with E-state index in [1.165, 1.54) is 11.1 Å². The summed E-state index contributed by atoms with van der Waals surface area (Å²) < 4.78 is 0. The maximum Gasteiger partial charge on any atom is 0.0753 e. The Hall–Kier alpha value is -1.71. The van der Waals surface area contributed by atoms with Gasteiger partial charge in [0.1, 0.15) is 0 Å². The maximum atomic E-state index is 10.1. The Bertz CT molecular complexity index is 502. The number of benzene rings is 2. The van der Waals surface area contributed by atoms with Crippen LogP contribution in [0.15, 0.2) is 60.7 Å². The first-order chi connectivity index (χ1) is 9.66. The van der Waals surface area contributed by atoms with Gasteiger partial charge in [-0.1, -0.05) is 72.9 Å². The van der Waals surface area contributed by atoms with Crippen molar-refractivity contribution in [3.63, 3.8) is 0 Å². The van der Waals surface area contributed by atoms with Gasteiger partial charge in [-0.05, 0) is 17.5 Å². The van der Waals surface area contributed by atoms with Gasteiger partial charge in [-0.3, -0.25) is 0 Å². The molecule has 0 aliphatic heterocycles. The lowest BCUT2D eigenvalue weighted by atomic mass is 9.86. The fraction of sp³-hybridized carbons (Fsp3) is 0.235. The highest BCUT2D eigenvalue weighted by atomic mass is 32.1. The Morgan fingerprint density at radius 1 is 0.950 bits per heavy atom. The number of aliphatic hydroxyl groups is 1. The third kappa shape index (κ3) is 4.15. The van der Waals surface area contributed by atoms with Crippen molar-refractivity contribution in [1.29, 1.82) is 0 Å². The first-order valence-corrected chi connectivity index (χ1v) is 7.14. The van der Waals surface area contributed by atoms with Gasteiger partial charge in [-0.2, -0.15) is 0 Å². The quantitative estimate of drug-likeness (QED) is 0.801. The number of hydrogen-bond acceptors (Lipinski definition) is 2. The summed E-state index contributed by atoms with van der Waals surface area (Å²) in [5, 5.41) is 10.1. The lowest BCUT2D eigenvalue weighted by Crippen LogP contribution is -2.21. The van der Waals surface area contributed by atoms with Crippen LogP contribution < -0.4 is 5.73 Å². The second-order valence-electron chi connectivity index (χ2n) is 4.93. The Kier molecular flexibility index (Phi) is 5.27. The molecule has 104 valence electrons. The summed E-state index contributed by atoms with van der Waals surface area (Å²) in [6.07, 6.45) is 0.467. The van der Waals surface area contributed by atoms with Gasteiger partial charge < -0.3 is 10.8 Å². The van der Waals surface area contributed by atoms with Gasteiger partial charge in [0.25, 0.3) is 0 Å². The van der Waals surface area contributed by atoms with Gasteiger partial charge >= 0.3 is 0 Å². The summed E-state index contributed by atoms with van der Waals surface area (Å²) in [4.78, 5) is 0.359. The second kappa shape index (κ2) is 7.17. The van der Waals surface area contributed by atoms with Crippen LogP contribution in [0.4, 0.5) is 0 Å². The molecule has 2 nitrogen and oxygen atoms in total. The third-order valence-corrected chi connectivity index (χ3v) is 3.52. The van der Waals surface area contributed by atoms with Gasteiger partial charge in [0, 0.05) is 12.3 Å². The molecule has 0 saturated heterocycles. The molecule has 3 heteroatoms. The smallest absolute Gasteiger partial charge is 0.0753 e. The number of aliphatic hydroxyl groups excluding tert-OH is 1. The molecule has 0 spiro atoms. The summed E-state index contributed by atoms with van der Waals surface area (Å²) >= 11 is 4.88. The first-order valence-electron chi connectivity index (χ1n) is 6.73. The van der Waals surface area contributed by atoms with E-state index in [9.17, 15) is 5.11 Å². The molecular weight excluding hydrogens is 266 g/mol. The van der Waals surface area contributed by atoms with E-state index < -0.39 is 6.10 Å². The molecule has 0 aliphatic carbocycles. The zero-order chi connectivity index (χ0) is 14.4. The van der Waals surface area contributed by atoms with Gasteiger partial charge in [0.05, 0.1) is 11.1 Å². The normalized spacial score (nSPS) is 12.3. The topological polar surface area (TPSA) is 46.2 Å². The Labute approximate surface area is 125 Å². The Morgan fingerprint density at radius 2 is 1.40 bits per heavy atom. The fourth-order valence-corrected chi connectivity index (χ4v) is 2.62. The van der Waals surface area contributed by atoms with Crippen LogP contribution in [0.25, 0.3) is 0 Å². The monoisotopic (exact) mass is 285 g/mol. The lowest BCUT2D eigenvalue weighted by Gasteiger charge is -2.21. The van der Waals surface area contributed by atoms with E-state index >= 15 is 0 Å². The average Bonchev–Trinajstić information content (AvgIpc) is 2.46. The summed E-state index contributed by atoms with van der Waals surface area (Å²) in [7, 11) is 0. The Morgan fingerprint density at radius 3 is 1.80 bits per heavy atom. The van der Waals surface area contributed by atoms with E-state index in [4.69, 9.17) is 18.0 Å². The van der Waals surface area contributed by atoms with Crippen molar-refractivity contribution in [1.82, 2.24) is 0 Å². The van der Waals surface area contributed by atoms with Gasteiger partial charge in [0.2, 0.25) is 0 Å². The highest BCUT2D eigenvalue weighted by Crippen LogP contribution is 2.29. The largest absolute Gasteiger partial charge is 0.393 e. The molecule has 1 unspecified atom stereocenters. The van der Waals surface area contributed by atoms with Crippen molar-refractivity contribution in [2.24, 2.45) is 5.73 Å². The average molecular weight is 285 g/mol. The highest BCUT2D eigenvalue weighted by molar-refractivity contribution is 7.80. The first kappa shape index (κ1) is 14.7. The minimum atomic E-state index is -0.516. The van der Waals surface area contributed by atoms with Crippen LogP contribution in [0.1, 0.15) is 29.9 Å². The molecule has 0 radical (unpaired) electrons. The molecule has 0 fully saturated rings. The molecule has 20 heavy (non-hydrogen) atoms. The lowest BCUT2D eigenvalue weighted by molar-refractivity contribution is 0.167. The standard InChI is InChI=1S/C17H19NOS/c18-17(20)12-15(19)11-16(13-7-3-1-4-8-13)14-9-5-2-6-10-14/h1-10,15-16,19H,11-12H2,(H2,18,20). The molecule has 3 N–H and O–H groups in total. The van der Waals surface area contributed by atoms with E-state index in [1.54, 1.807) is 0 Å². The SMILES string of the molecule is NC(=S)CC(O)CC(c1ccccc1)c1ccccc1. The number of rotatable bonds is 6. The predicted octanol–water partition coefficient (Wildman–Crippen LogP) is 3.25.